The van der Waals surface area contributed by atoms with E-state index in [-0.39, 0.29) is 31.1 Å². The average Bonchev–Trinajstić information content (AvgIpc) is 2.94. The van der Waals surface area contributed by atoms with Gasteiger partial charge in [0.2, 0.25) is 5.92 Å². The van der Waals surface area contributed by atoms with Gasteiger partial charge in [-0.05, 0) is 57.7 Å². The quantitative estimate of drug-likeness (QED) is 0.602. The zero-order valence-electron chi connectivity index (χ0n) is 17.1. The molecule has 0 spiro atoms. The summed E-state index contributed by atoms with van der Waals surface area (Å²) in [4.78, 5) is 4.13. The maximum Gasteiger partial charge on any atom is 0.302 e. The van der Waals surface area contributed by atoms with E-state index < -0.39 is 27.6 Å². The molecule has 0 saturated heterocycles. The number of aromatic nitrogens is 2. The lowest BCUT2D eigenvalue weighted by Gasteiger charge is -2.29. The molecule has 9 heteroatoms. The van der Waals surface area contributed by atoms with Crippen molar-refractivity contribution >= 4 is 27.7 Å². The number of nitrogens with one attached hydrogen (secondary N) is 1. The van der Waals surface area contributed by atoms with Crippen molar-refractivity contribution in [2.45, 2.75) is 76.5 Å². The molecule has 162 valence electrons. The maximum absolute atomic E-state index is 14.2. The van der Waals surface area contributed by atoms with Gasteiger partial charge in [0.25, 0.3) is 0 Å². The van der Waals surface area contributed by atoms with Crippen molar-refractivity contribution in [2.75, 3.05) is 4.72 Å². The van der Waals surface area contributed by atoms with Crippen molar-refractivity contribution in [1.82, 2.24) is 9.55 Å². The Morgan fingerprint density at radius 2 is 1.83 bits per heavy atom. The van der Waals surface area contributed by atoms with Gasteiger partial charge in [0.15, 0.2) is 5.82 Å². The van der Waals surface area contributed by atoms with Gasteiger partial charge in [0, 0.05) is 32.0 Å². The first kappa shape index (κ1) is 22.1. The second-order valence-corrected chi connectivity index (χ2v) is 10.9. The number of halogens is 4. The highest BCUT2D eigenvalue weighted by Gasteiger charge is 2.37. The van der Waals surface area contributed by atoms with Crippen LogP contribution in [0.2, 0.25) is 0 Å². The fraction of sp³-hybridized carbons (Fsp3) is 0.650. The summed E-state index contributed by atoms with van der Waals surface area (Å²) < 4.78 is 71.5. The summed E-state index contributed by atoms with van der Waals surface area (Å²) >= 11 is 0. The molecule has 1 unspecified atom stereocenters. The Hall–Kier alpha value is -1.64. The van der Waals surface area contributed by atoms with Crippen molar-refractivity contribution < 1.29 is 21.8 Å². The molecule has 4 nitrogen and oxygen atoms in total. The van der Waals surface area contributed by atoms with Gasteiger partial charge in [-0.15, -0.1) is 0 Å². The largest absolute Gasteiger partial charge is 0.323 e. The summed E-state index contributed by atoms with van der Waals surface area (Å²) in [5.74, 6) is -6.30. The molecule has 29 heavy (non-hydrogen) atoms. The summed E-state index contributed by atoms with van der Waals surface area (Å²) in [7, 11) is -1.36. The van der Waals surface area contributed by atoms with Gasteiger partial charge in [-0.1, -0.05) is 0 Å². The second-order valence-electron chi connectivity index (χ2n) is 8.92. The molecular formula is C20H27F4N3OS. The summed E-state index contributed by atoms with van der Waals surface area (Å²) in [6.45, 7) is 6.49. The number of fused-ring (bicyclic) bond motifs is 1. The molecule has 1 N–H and O–H groups in total. The lowest BCUT2D eigenvalue weighted by Crippen LogP contribution is -2.28. The topological polar surface area (TPSA) is 46.9 Å². The van der Waals surface area contributed by atoms with Gasteiger partial charge in [-0.2, -0.15) is 8.78 Å². The Morgan fingerprint density at radius 3 is 2.38 bits per heavy atom. The monoisotopic (exact) mass is 433 g/mol. The van der Waals surface area contributed by atoms with Crippen LogP contribution < -0.4 is 4.72 Å². The zero-order chi connectivity index (χ0) is 21.6. The number of rotatable bonds is 5. The van der Waals surface area contributed by atoms with Crippen LogP contribution in [0.25, 0.3) is 11.0 Å². The van der Waals surface area contributed by atoms with Crippen LogP contribution in [0.3, 0.4) is 0 Å². The average molecular weight is 434 g/mol. The third-order valence-corrected chi connectivity index (χ3v) is 6.72. The lowest BCUT2D eigenvalue weighted by molar-refractivity contribution is -0.0483. The Bertz CT molecular complexity index is 905. The van der Waals surface area contributed by atoms with E-state index in [1.165, 1.54) is 4.57 Å². The molecule has 3 rings (SSSR count). The van der Waals surface area contributed by atoms with Gasteiger partial charge in [0.1, 0.15) is 11.0 Å². The Labute approximate surface area is 170 Å². The molecule has 0 amide bonds. The minimum absolute atomic E-state index is 0.0979. The van der Waals surface area contributed by atoms with Crippen LogP contribution in [0.1, 0.15) is 59.2 Å². The van der Waals surface area contributed by atoms with Gasteiger partial charge in [-0.3, -0.25) is 0 Å². The Morgan fingerprint density at radius 1 is 1.21 bits per heavy atom. The van der Waals surface area contributed by atoms with E-state index in [0.717, 1.165) is 6.92 Å². The molecule has 1 fully saturated rings. The standard InChI is InChI=1S/C20H27F4N3OS/c1-18(2,3)29(28)26-14-5-6-16-15(11-14)25-17(19(4,21)22)27(16)12-13-7-9-20(23,24)10-8-13/h5-6,11,13,26H,7-10,12H2,1-4H3. The van der Waals surface area contributed by atoms with E-state index in [4.69, 9.17) is 0 Å². The van der Waals surface area contributed by atoms with Crippen molar-refractivity contribution in [3.05, 3.63) is 24.0 Å². The molecule has 1 heterocycles. The maximum atomic E-state index is 14.2. The van der Waals surface area contributed by atoms with Crippen LogP contribution in [-0.2, 0) is 23.5 Å². The van der Waals surface area contributed by atoms with E-state index in [0.29, 0.717) is 29.6 Å². The summed E-state index contributed by atoms with van der Waals surface area (Å²) in [5.41, 5.74) is 1.41. The van der Waals surface area contributed by atoms with Gasteiger partial charge < -0.3 is 9.29 Å². The molecule has 0 bridgehead atoms. The van der Waals surface area contributed by atoms with Gasteiger partial charge in [-0.25, -0.2) is 18.0 Å². The molecule has 1 atom stereocenters. The predicted molar refractivity (Wildman–Crippen MR) is 108 cm³/mol. The van der Waals surface area contributed by atoms with Crippen LogP contribution in [0.4, 0.5) is 23.2 Å². The molecule has 0 radical (unpaired) electrons. The van der Waals surface area contributed by atoms with Crippen molar-refractivity contribution in [3.63, 3.8) is 0 Å². The smallest absolute Gasteiger partial charge is 0.302 e. The molecule has 1 aliphatic rings. The minimum Gasteiger partial charge on any atom is -0.323 e. The van der Waals surface area contributed by atoms with Crippen LogP contribution >= 0.6 is 0 Å². The number of nitrogens with zero attached hydrogens (tertiary/aromatic N) is 2. The van der Waals surface area contributed by atoms with Crippen molar-refractivity contribution in [3.8, 4) is 0 Å². The van der Waals surface area contributed by atoms with Crippen LogP contribution in [-0.4, -0.2) is 24.4 Å². The van der Waals surface area contributed by atoms with Crippen LogP contribution in [0.5, 0.6) is 0 Å². The summed E-state index contributed by atoms with van der Waals surface area (Å²) in [6.07, 6.45) is 0.168. The molecule has 2 aromatic rings. The number of hydrogen-bond donors (Lipinski definition) is 1. The molecule has 0 aliphatic heterocycles. The highest BCUT2D eigenvalue weighted by molar-refractivity contribution is 7.87. The summed E-state index contributed by atoms with van der Waals surface area (Å²) in [5, 5.41) is 0. The molecule has 1 aromatic heterocycles. The van der Waals surface area contributed by atoms with Crippen molar-refractivity contribution in [2.24, 2.45) is 5.92 Å². The van der Waals surface area contributed by atoms with Crippen molar-refractivity contribution in [1.29, 1.82) is 0 Å². The molecule has 1 saturated carbocycles. The molecule has 1 aliphatic carbocycles. The Kier molecular flexibility index (Phi) is 5.75. The first-order valence-electron chi connectivity index (χ1n) is 9.71. The Balaban J connectivity index is 1.92. The number of hydrogen-bond acceptors (Lipinski definition) is 2. The third-order valence-electron chi connectivity index (χ3n) is 5.19. The first-order valence-corrected chi connectivity index (χ1v) is 10.9. The molecule has 1 aromatic carbocycles. The fourth-order valence-corrected chi connectivity index (χ4v) is 4.16. The zero-order valence-corrected chi connectivity index (χ0v) is 17.9. The third kappa shape index (κ3) is 5.10. The van der Waals surface area contributed by atoms with E-state index in [1.807, 2.05) is 20.8 Å². The fourth-order valence-electron chi connectivity index (χ4n) is 3.51. The van der Waals surface area contributed by atoms with Gasteiger partial charge in [0.05, 0.1) is 15.8 Å². The van der Waals surface area contributed by atoms with Crippen LogP contribution in [0, 0.1) is 5.92 Å². The van der Waals surface area contributed by atoms with E-state index in [9.17, 15) is 21.8 Å². The predicted octanol–water partition coefficient (Wildman–Crippen LogP) is 5.85. The lowest BCUT2D eigenvalue weighted by atomic mass is 9.86. The van der Waals surface area contributed by atoms with Gasteiger partial charge >= 0.3 is 5.92 Å². The van der Waals surface area contributed by atoms with E-state index in [1.54, 1.807) is 18.2 Å². The highest BCUT2D eigenvalue weighted by atomic mass is 32.2. The highest BCUT2D eigenvalue weighted by Crippen LogP contribution is 2.38. The summed E-state index contributed by atoms with van der Waals surface area (Å²) in [6, 6.07) is 4.94. The van der Waals surface area contributed by atoms with E-state index >= 15 is 0 Å². The number of alkyl halides is 4. The number of benzene rings is 1. The minimum atomic E-state index is -3.17. The first-order chi connectivity index (χ1) is 13.3. The number of imidazole rings is 1. The number of anilines is 1. The van der Waals surface area contributed by atoms with Crippen LogP contribution in [0.15, 0.2) is 18.2 Å². The molecular weight excluding hydrogens is 406 g/mol. The normalized spacial score (nSPS) is 19.4. The SMILES string of the molecule is CC(F)(F)c1nc2cc(NS(=O)C(C)(C)C)ccc2n1CC1CCC(F)(F)CC1. The second kappa shape index (κ2) is 7.56. The van der Waals surface area contributed by atoms with E-state index in [2.05, 4.69) is 9.71 Å².